The fourth-order valence-corrected chi connectivity index (χ4v) is 5.27. The number of para-hydroxylation sites is 1. The van der Waals surface area contributed by atoms with Crippen LogP contribution in [0.3, 0.4) is 0 Å². The Kier molecular flexibility index (Phi) is 6.85. The van der Waals surface area contributed by atoms with Crippen LogP contribution in [0, 0.1) is 0 Å². The number of benzene rings is 2. The Morgan fingerprint density at radius 2 is 1.79 bits per heavy atom. The number of carbonyl (C=O) groups excluding carboxylic acids is 2. The van der Waals surface area contributed by atoms with Gasteiger partial charge in [-0.25, -0.2) is 18.2 Å². The van der Waals surface area contributed by atoms with Crippen LogP contribution in [0.4, 0.5) is 10.8 Å². The number of esters is 1. The molecular formula is C23H21N3O5S2. The molecule has 1 aromatic heterocycles. The third-order valence-electron chi connectivity index (χ3n) is 4.87. The van der Waals surface area contributed by atoms with E-state index in [1.807, 2.05) is 30.3 Å². The molecule has 3 aromatic rings. The Labute approximate surface area is 195 Å². The largest absolute Gasteiger partial charge is 0.451 e. The third kappa shape index (κ3) is 5.85. The molecule has 1 aliphatic rings. The van der Waals surface area contributed by atoms with Gasteiger partial charge in [-0.3, -0.25) is 4.79 Å². The highest BCUT2D eigenvalue weighted by Crippen LogP contribution is 2.23. The van der Waals surface area contributed by atoms with Gasteiger partial charge in [0.15, 0.2) is 27.3 Å². The van der Waals surface area contributed by atoms with E-state index in [-0.39, 0.29) is 11.4 Å². The van der Waals surface area contributed by atoms with Gasteiger partial charge in [-0.1, -0.05) is 48.5 Å². The molecule has 170 valence electrons. The lowest BCUT2D eigenvalue weighted by Crippen LogP contribution is -2.43. The van der Waals surface area contributed by atoms with Crippen LogP contribution in [0.1, 0.15) is 16.1 Å². The molecule has 4 rings (SSSR count). The highest BCUT2D eigenvalue weighted by Gasteiger charge is 2.32. The summed E-state index contributed by atoms with van der Waals surface area (Å²) in [6.45, 7) is 0.0214. The summed E-state index contributed by atoms with van der Waals surface area (Å²) in [7, 11) is -3.38. The maximum absolute atomic E-state index is 12.9. The number of rotatable bonds is 8. The van der Waals surface area contributed by atoms with Crippen LogP contribution in [-0.2, 0) is 25.9 Å². The molecule has 0 bridgehead atoms. The number of anilines is 2. The van der Waals surface area contributed by atoms with E-state index in [0.717, 1.165) is 11.0 Å². The summed E-state index contributed by atoms with van der Waals surface area (Å²) >= 11 is 1.26. The number of hydrogen-bond acceptors (Lipinski definition) is 8. The van der Waals surface area contributed by atoms with Crippen molar-refractivity contribution in [2.75, 3.05) is 22.6 Å². The van der Waals surface area contributed by atoms with Crippen LogP contribution in [-0.4, -0.2) is 43.7 Å². The molecule has 2 aromatic carbocycles. The van der Waals surface area contributed by atoms with E-state index in [1.54, 1.807) is 35.7 Å². The molecule has 10 heteroatoms. The summed E-state index contributed by atoms with van der Waals surface area (Å²) < 4.78 is 28.9. The zero-order chi connectivity index (χ0) is 23.3. The van der Waals surface area contributed by atoms with Gasteiger partial charge in [0.2, 0.25) is 0 Å². The van der Waals surface area contributed by atoms with Crippen molar-refractivity contribution in [3.8, 4) is 0 Å². The van der Waals surface area contributed by atoms with Crippen LogP contribution in [0.15, 0.2) is 77.5 Å². The van der Waals surface area contributed by atoms with Crippen LogP contribution >= 0.6 is 11.3 Å². The average molecular weight is 484 g/mol. The maximum Gasteiger partial charge on any atom is 0.358 e. The first-order valence-corrected chi connectivity index (χ1v) is 12.7. The molecule has 33 heavy (non-hydrogen) atoms. The second-order valence-electron chi connectivity index (χ2n) is 7.28. The number of hydrogen-bond donors (Lipinski definition) is 1. The van der Waals surface area contributed by atoms with Gasteiger partial charge in [0, 0.05) is 23.0 Å². The normalized spacial score (nSPS) is 16.3. The first-order valence-electron chi connectivity index (χ1n) is 10.1. The van der Waals surface area contributed by atoms with E-state index in [4.69, 9.17) is 4.74 Å². The molecule has 0 aliphatic carbocycles. The Balaban J connectivity index is 1.38. The summed E-state index contributed by atoms with van der Waals surface area (Å²) in [5, 5.41) is 6.37. The smallest absolute Gasteiger partial charge is 0.358 e. The molecule has 0 unspecified atom stereocenters. The lowest BCUT2D eigenvalue weighted by atomic mass is 10.2. The molecule has 1 amide bonds. The number of aromatic nitrogens is 1. The summed E-state index contributed by atoms with van der Waals surface area (Å²) in [6, 6.07) is 17.8. The summed E-state index contributed by atoms with van der Waals surface area (Å²) in [6.07, 6.45) is 1.47. The van der Waals surface area contributed by atoms with Crippen molar-refractivity contribution >= 4 is 43.9 Å². The van der Waals surface area contributed by atoms with Crippen molar-refractivity contribution in [3.05, 3.63) is 88.8 Å². The second-order valence-corrected chi connectivity index (χ2v) is 10.1. The number of thiazole rings is 1. The SMILES string of the molecule is O=C(OCC(=O)N(c1ccccc1)[C@H]1C=CS(=O)(=O)C1)c1csc(NCc2ccccc2)n1. The van der Waals surface area contributed by atoms with E-state index >= 15 is 0 Å². The molecule has 0 saturated carbocycles. The van der Waals surface area contributed by atoms with E-state index in [9.17, 15) is 18.0 Å². The highest BCUT2D eigenvalue weighted by molar-refractivity contribution is 7.94. The standard InChI is InChI=1S/C23H21N3O5S2/c27-21(26(18-9-5-2-6-10-18)19-11-12-33(29,30)16-19)14-31-22(28)20-15-32-23(25-20)24-13-17-7-3-1-4-8-17/h1-12,15,19H,13-14,16H2,(H,24,25)/t19-/m0/s1. The van der Waals surface area contributed by atoms with Gasteiger partial charge in [-0.15, -0.1) is 11.3 Å². The van der Waals surface area contributed by atoms with Crippen molar-refractivity contribution in [1.82, 2.24) is 4.98 Å². The van der Waals surface area contributed by atoms with Crippen molar-refractivity contribution in [1.29, 1.82) is 0 Å². The second kappa shape index (κ2) is 9.97. The topological polar surface area (TPSA) is 106 Å². The van der Waals surface area contributed by atoms with Crippen LogP contribution in [0.2, 0.25) is 0 Å². The molecule has 2 heterocycles. The van der Waals surface area contributed by atoms with Crippen molar-refractivity contribution in [2.45, 2.75) is 12.6 Å². The molecule has 1 aliphatic heterocycles. The summed E-state index contributed by atoms with van der Waals surface area (Å²) in [5.41, 5.74) is 1.69. The number of sulfone groups is 1. The number of carbonyl (C=O) groups is 2. The van der Waals surface area contributed by atoms with E-state index in [1.165, 1.54) is 22.3 Å². The molecule has 0 spiro atoms. The minimum atomic E-state index is -3.38. The molecule has 8 nitrogen and oxygen atoms in total. The van der Waals surface area contributed by atoms with Gasteiger partial charge in [-0.2, -0.15) is 0 Å². The number of amides is 1. The monoisotopic (exact) mass is 483 g/mol. The van der Waals surface area contributed by atoms with E-state index in [2.05, 4.69) is 10.3 Å². The zero-order valence-electron chi connectivity index (χ0n) is 17.5. The predicted molar refractivity (Wildman–Crippen MR) is 127 cm³/mol. The maximum atomic E-state index is 12.9. The molecular weight excluding hydrogens is 462 g/mol. The van der Waals surface area contributed by atoms with Gasteiger partial charge in [0.05, 0.1) is 11.8 Å². The molecule has 0 saturated heterocycles. The van der Waals surface area contributed by atoms with Gasteiger partial charge < -0.3 is 15.0 Å². The minimum Gasteiger partial charge on any atom is -0.451 e. The molecule has 1 atom stereocenters. The predicted octanol–water partition coefficient (Wildman–Crippen LogP) is 3.26. The first kappa shape index (κ1) is 22.7. The van der Waals surface area contributed by atoms with Crippen LogP contribution in [0.25, 0.3) is 0 Å². The van der Waals surface area contributed by atoms with Gasteiger partial charge in [0.1, 0.15) is 0 Å². The average Bonchev–Trinajstić information content (AvgIpc) is 3.44. The van der Waals surface area contributed by atoms with Crippen molar-refractivity contribution in [2.24, 2.45) is 0 Å². The highest BCUT2D eigenvalue weighted by atomic mass is 32.2. The Bertz CT molecular complexity index is 1260. The molecule has 0 fully saturated rings. The van der Waals surface area contributed by atoms with Gasteiger partial charge in [0.25, 0.3) is 5.91 Å². The summed E-state index contributed by atoms with van der Waals surface area (Å²) in [4.78, 5) is 30.9. The first-order chi connectivity index (χ1) is 15.9. The fraction of sp³-hybridized carbons (Fsp3) is 0.174. The minimum absolute atomic E-state index is 0.0953. The van der Waals surface area contributed by atoms with Crippen molar-refractivity contribution < 1.29 is 22.7 Å². The number of ether oxygens (including phenoxy) is 1. The van der Waals surface area contributed by atoms with Crippen molar-refractivity contribution in [3.63, 3.8) is 0 Å². The Morgan fingerprint density at radius 3 is 2.45 bits per heavy atom. The lowest BCUT2D eigenvalue weighted by Gasteiger charge is -2.27. The van der Waals surface area contributed by atoms with Crippen LogP contribution in [0.5, 0.6) is 0 Å². The van der Waals surface area contributed by atoms with E-state index < -0.39 is 34.4 Å². The number of nitrogens with one attached hydrogen (secondary N) is 1. The lowest BCUT2D eigenvalue weighted by molar-refractivity contribution is -0.121. The fourth-order valence-electron chi connectivity index (χ4n) is 3.32. The third-order valence-corrected chi connectivity index (χ3v) is 7.05. The molecule has 0 radical (unpaired) electrons. The van der Waals surface area contributed by atoms with Gasteiger partial charge >= 0.3 is 5.97 Å². The van der Waals surface area contributed by atoms with Crippen LogP contribution < -0.4 is 10.2 Å². The number of nitrogens with zero attached hydrogens (tertiary/aromatic N) is 2. The zero-order valence-corrected chi connectivity index (χ0v) is 19.1. The molecule has 1 N–H and O–H groups in total. The Hall–Kier alpha value is -3.50. The summed E-state index contributed by atoms with van der Waals surface area (Å²) in [5.74, 6) is -1.47. The van der Waals surface area contributed by atoms with E-state index in [0.29, 0.717) is 17.4 Å². The quantitative estimate of drug-likeness (QED) is 0.490. The van der Waals surface area contributed by atoms with Gasteiger partial charge in [-0.05, 0) is 23.8 Å². The Morgan fingerprint density at radius 1 is 1.09 bits per heavy atom.